The number of rotatable bonds is 3. The van der Waals surface area contributed by atoms with E-state index < -0.39 is 0 Å². The standard InChI is InChI=1S/C14H21ClO2/c1-9(8-15)12(16)17-11-7-10-5-6-14(11,4)13(10,2)3/h10-11H,1,5-8H2,2-4H3. The summed E-state index contributed by atoms with van der Waals surface area (Å²) in [6.07, 6.45) is 3.43. The van der Waals surface area contributed by atoms with Crippen molar-refractivity contribution in [3.8, 4) is 0 Å². The van der Waals surface area contributed by atoms with Crippen LogP contribution >= 0.6 is 11.6 Å². The minimum atomic E-state index is -0.324. The minimum Gasteiger partial charge on any atom is -0.458 e. The van der Waals surface area contributed by atoms with Crippen molar-refractivity contribution in [1.29, 1.82) is 0 Å². The number of alkyl halides is 1. The average Bonchev–Trinajstić information content (AvgIpc) is 2.60. The number of halogens is 1. The largest absolute Gasteiger partial charge is 0.458 e. The van der Waals surface area contributed by atoms with E-state index in [4.69, 9.17) is 16.3 Å². The minimum absolute atomic E-state index is 0.0312. The van der Waals surface area contributed by atoms with Crippen molar-refractivity contribution >= 4 is 17.6 Å². The van der Waals surface area contributed by atoms with Crippen LogP contribution in [0.3, 0.4) is 0 Å². The molecule has 2 aliphatic carbocycles. The fourth-order valence-electron chi connectivity index (χ4n) is 3.58. The first kappa shape index (κ1) is 12.9. The molecule has 17 heavy (non-hydrogen) atoms. The summed E-state index contributed by atoms with van der Waals surface area (Å²) >= 11 is 5.60. The first-order chi connectivity index (χ1) is 7.83. The van der Waals surface area contributed by atoms with E-state index in [2.05, 4.69) is 27.4 Å². The SMILES string of the molecule is C=C(CCl)C(=O)OC1CC2CCC1(C)C2(C)C. The molecule has 2 aliphatic rings. The molecule has 2 rings (SSSR count). The zero-order chi connectivity index (χ0) is 12.8. The molecule has 0 aromatic carbocycles. The second-order valence-electron chi connectivity index (χ2n) is 6.24. The van der Waals surface area contributed by atoms with Crippen molar-refractivity contribution in [3.63, 3.8) is 0 Å². The predicted octanol–water partition coefficient (Wildman–Crippen LogP) is 3.54. The molecular weight excluding hydrogens is 236 g/mol. The van der Waals surface area contributed by atoms with Crippen LogP contribution in [-0.2, 0) is 9.53 Å². The van der Waals surface area contributed by atoms with Gasteiger partial charge in [-0.1, -0.05) is 27.4 Å². The van der Waals surface area contributed by atoms with E-state index in [1.807, 2.05) is 0 Å². The van der Waals surface area contributed by atoms with E-state index >= 15 is 0 Å². The van der Waals surface area contributed by atoms with Crippen LogP contribution in [0.5, 0.6) is 0 Å². The lowest BCUT2D eigenvalue weighted by molar-refractivity contribution is -0.151. The van der Waals surface area contributed by atoms with Crippen LogP contribution in [0.1, 0.15) is 40.0 Å². The van der Waals surface area contributed by atoms with Crippen LogP contribution in [-0.4, -0.2) is 18.0 Å². The van der Waals surface area contributed by atoms with Gasteiger partial charge in [0.2, 0.25) is 0 Å². The van der Waals surface area contributed by atoms with Gasteiger partial charge in [0.05, 0.1) is 5.88 Å². The highest BCUT2D eigenvalue weighted by Crippen LogP contribution is 2.66. The molecule has 2 bridgehead atoms. The lowest BCUT2D eigenvalue weighted by atomic mass is 9.70. The monoisotopic (exact) mass is 256 g/mol. The Morgan fingerprint density at radius 2 is 2.12 bits per heavy atom. The molecule has 0 N–H and O–H groups in total. The van der Waals surface area contributed by atoms with Gasteiger partial charge in [-0.05, 0) is 30.6 Å². The highest BCUT2D eigenvalue weighted by molar-refractivity contribution is 6.22. The van der Waals surface area contributed by atoms with Gasteiger partial charge in [-0.2, -0.15) is 0 Å². The van der Waals surface area contributed by atoms with Gasteiger partial charge in [0, 0.05) is 11.0 Å². The van der Waals surface area contributed by atoms with E-state index in [-0.39, 0.29) is 28.8 Å². The second kappa shape index (κ2) is 4.01. The van der Waals surface area contributed by atoms with Crippen molar-refractivity contribution in [1.82, 2.24) is 0 Å². The molecule has 0 heterocycles. The molecule has 2 nitrogen and oxygen atoms in total. The van der Waals surface area contributed by atoms with Crippen LogP contribution in [0, 0.1) is 16.7 Å². The van der Waals surface area contributed by atoms with Crippen molar-refractivity contribution in [2.75, 3.05) is 5.88 Å². The van der Waals surface area contributed by atoms with E-state index in [0.29, 0.717) is 11.5 Å². The summed E-state index contributed by atoms with van der Waals surface area (Å²) in [4.78, 5) is 11.8. The maximum atomic E-state index is 11.8. The summed E-state index contributed by atoms with van der Waals surface area (Å²) in [6.45, 7) is 10.5. The third-order valence-corrected chi connectivity index (χ3v) is 5.74. The highest BCUT2D eigenvalue weighted by Gasteiger charge is 2.62. The highest BCUT2D eigenvalue weighted by atomic mass is 35.5. The molecule has 3 atom stereocenters. The van der Waals surface area contributed by atoms with E-state index in [1.165, 1.54) is 6.42 Å². The fourth-order valence-corrected chi connectivity index (χ4v) is 3.68. The van der Waals surface area contributed by atoms with Crippen molar-refractivity contribution in [3.05, 3.63) is 12.2 Å². The number of hydrogen-bond donors (Lipinski definition) is 0. The Morgan fingerprint density at radius 1 is 1.47 bits per heavy atom. The summed E-state index contributed by atoms with van der Waals surface area (Å²) in [6, 6.07) is 0. The summed E-state index contributed by atoms with van der Waals surface area (Å²) < 4.78 is 5.61. The van der Waals surface area contributed by atoms with Gasteiger partial charge < -0.3 is 4.74 Å². The van der Waals surface area contributed by atoms with E-state index in [0.717, 1.165) is 12.8 Å². The molecule has 96 valence electrons. The molecule has 0 aliphatic heterocycles. The maximum absolute atomic E-state index is 11.8. The fraction of sp³-hybridized carbons (Fsp3) is 0.786. The van der Waals surface area contributed by atoms with Gasteiger partial charge in [0.1, 0.15) is 6.10 Å². The Bertz CT molecular complexity index is 361. The van der Waals surface area contributed by atoms with Crippen molar-refractivity contribution < 1.29 is 9.53 Å². The topological polar surface area (TPSA) is 26.3 Å². The van der Waals surface area contributed by atoms with Crippen LogP contribution in [0.25, 0.3) is 0 Å². The van der Waals surface area contributed by atoms with E-state index in [9.17, 15) is 4.79 Å². The molecule has 2 fully saturated rings. The van der Waals surface area contributed by atoms with Gasteiger partial charge in [-0.3, -0.25) is 0 Å². The van der Waals surface area contributed by atoms with Crippen LogP contribution in [0.2, 0.25) is 0 Å². The van der Waals surface area contributed by atoms with Gasteiger partial charge >= 0.3 is 5.97 Å². The molecule has 0 saturated heterocycles. The Morgan fingerprint density at radius 3 is 2.53 bits per heavy atom. The zero-order valence-corrected chi connectivity index (χ0v) is 11.6. The summed E-state index contributed by atoms with van der Waals surface area (Å²) in [5, 5.41) is 0. The Hall–Kier alpha value is -0.500. The second-order valence-corrected chi connectivity index (χ2v) is 6.51. The molecule has 3 heteroatoms. The van der Waals surface area contributed by atoms with Crippen molar-refractivity contribution in [2.45, 2.75) is 46.1 Å². The van der Waals surface area contributed by atoms with Crippen LogP contribution in [0.15, 0.2) is 12.2 Å². The number of fused-ring (bicyclic) bond motifs is 2. The first-order valence-electron chi connectivity index (χ1n) is 6.27. The number of carbonyl (C=O) groups is 1. The lowest BCUT2D eigenvalue weighted by Crippen LogP contribution is -2.38. The zero-order valence-electron chi connectivity index (χ0n) is 10.9. The smallest absolute Gasteiger partial charge is 0.334 e. The third kappa shape index (κ3) is 1.72. The molecule has 3 unspecified atom stereocenters. The quantitative estimate of drug-likeness (QED) is 0.439. The first-order valence-corrected chi connectivity index (χ1v) is 6.81. The number of esters is 1. The molecular formula is C14H21ClO2. The van der Waals surface area contributed by atoms with Crippen LogP contribution < -0.4 is 0 Å². The predicted molar refractivity (Wildman–Crippen MR) is 69.0 cm³/mol. The Labute approximate surface area is 108 Å². The van der Waals surface area contributed by atoms with Gasteiger partial charge in [0.25, 0.3) is 0 Å². The summed E-state index contributed by atoms with van der Waals surface area (Å²) in [5.41, 5.74) is 0.732. The van der Waals surface area contributed by atoms with Gasteiger partial charge in [-0.25, -0.2) is 4.79 Å². The summed E-state index contributed by atoms with van der Waals surface area (Å²) in [7, 11) is 0. The van der Waals surface area contributed by atoms with Crippen molar-refractivity contribution in [2.24, 2.45) is 16.7 Å². The number of ether oxygens (including phenoxy) is 1. The Kier molecular flexibility index (Phi) is 3.05. The normalized spacial score (nSPS) is 38.1. The molecule has 0 aromatic heterocycles. The maximum Gasteiger partial charge on any atom is 0.334 e. The molecule has 0 spiro atoms. The molecule has 0 amide bonds. The number of hydrogen-bond acceptors (Lipinski definition) is 2. The Balaban J connectivity index is 2.11. The lowest BCUT2D eigenvalue weighted by Gasteiger charge is -2.38. The molecule has 2 saturated carbocycles. The molecule has 0 radical (unpaired) electrons. The van der Waals surface area contributed by atoms with E-state index in [1.54, 1.807) is 0 Å². The van der Waals surface area contributed by atoms with Gasteiger partial charge in [-0.15, -0.1) is 11.6 Å². The number of carbonyl (C=O) groups excluding carboxylic acids is 1. The van der Waals surface area contributed by atoms with Gasteiger partial charge in [0.15, 0.2) is 0 Å². The third-order valence-electron chi connectivity index (χ3n) is 5.41. The average molecular weight is 257 g/mol. The van der Waals surface area contributed by atoms with Crippen LogP contribution in [0.4, 0.5) is 0 Å². The molecule has 0 aromatic rings. The summed E-state index contributed by atoms with van der Waals surface area (Å²) in [5.74, 6) is 0.499.